The van der Waals surface area contributed by atoms with Crippen molar-refractivity contribution in [2.75, 3.05) is 13.2 Å². The minimum Gasteiger partial charge on any atom is -0.444 e. The molecule has 3 atom stereocenters. The van der Waals surface area contributed by atoms with Gasteiger partial charge in [0.15, 0.2) is 0 Å². The molecule has 0 bridgehead atoms. The molecule has 16 heteroatoms. The number of likely N-dealkylation sites (tertiary alicyclic amines) is 1. The molecule has 1 aromatic rings. The van der Waals surface area contributed by atoms with Crippen molar-refractivity contribution < 1.29 is 41.9 Å². The highest BCUT2D eigenvalue weighted by atomic mass is 35.5. The van der Waals surface area contributed by atoms with Crippen LogP contribution in [0.25, 0.3) is 0 Å². The summed E-state index contributed by atoms with van der Waals surface area (Å²) in [6.07, 6.45) is 7.32. The van der Waals surface area contributed by atoms with Crippen molar-refractivity contribution in [2.45, 2.75) is 140 Å². The smallest absolute Gasteiger partial charge is 0.410 e. The lowest BCUT2D eigenvalue weighted by Crippen LogP contribution is -2.58. The van der Waals surface area contributed by atoms with E-state index in [0.29, 0.717) is 30.7 Å². The molecule has 3 fully saturated rings. The van der Waals surface area contributed by atoms with Crippen LogP contribution in [0.15, 0.2) is 30.4 Å². The maximum absolute atomic E-state index is 14.4. The van der Waals surface area contributed by atoms with Gasteiger partial charge in [-0.05, 0) is 89.8 Å². The van der Waals surface area contributed by atoms with Crippen molar-refractivity contribution in [3.05, 3.63) is 46.5 Å². The van der Waals surface area contributed by atoms with Gasteiger partial charge in [0.25, 0.3) is 5.91 Å². The van der Waals surface area contributed by atoms with E-state index in [1.807, 2.05) is 39.8 Å². The van der Waals surface area contributed by atoms with E-state index in [4.69, 9.17) is 21.1 Å². The van der Waals surface area contributed by atoms with E-state index >= 15 is 0 Å². The number of carbonyl (C=O) groups excluding carboxylic acids is 5. The molecule has 2 aliphatic heterocycles. The lowest BCUT2D eigenvalue weighted by Gasteiger charge is -2.30. The minimum absolute atomic E-state index is 0.0694. The van der Waals surface area contributed by atoms with Crippen LogP contribution in [0.2, 0.25) is 5.02 Å². The Hall–Kier alpha value is -3.69. The fourth-order valence-corrected chi connectivity index (χ4v) is 8.20. The van der Waals surface area contributed by atoms with Gasteiger partial charge in [-0.2, -0.15) is 0 Å². The van der Waals surface area contributed by atoms with Crippen LogP contribution in [0, 0.1) is 0 Å². The van der Waals surface area contributed by atoms with Crippen LogP contribution in [0.4, 0.5) is 4.79 Å². The molecule has 2 heterocycles. The second-order valence-electron chi connectivity index (χ2n) is 15.5. The van der Waals surface area contributed by atoms with Gasteiger partial charge in [0.1, 0.15) is 30.3 Å². The van der Waals surface area contributed by atoms with Crippen LogP contribution < -0.4 is 15.4 Å². The van der Waals surface area contributed by atoms with Crippen LogP contribution in [0.3, 0.4) is 0 Å². The summed E-state index contributed by atoms with van der Waals surface area (Å²) in [5.74, 6) is -2.52. The number of sulfonamides is 1. The second-order valence-corrected chi connectivity index (χ2v) is 17.8. The quantitative estimate of drug-likeness (QED) is 0.166. The van der Waals surface area contributed by atoms with Crippen molar-refractivity contribution in [1.29, 1.82) is 0 Å². The Labute approximate surface area is 316 Å². The van der Waals surface area contributed by atoms with Gasteiger partial charge in [-0.3, -0.25) is 28.8 Å². The van der Waals surface area contributed by atoms with Gasteiger partial charge in [-0.1, -0.05) is 48.7 Å². The van der Waals surface area contributed by atoms with Crippen molar-refractivity contribution in [3.8, 4) is 0 Å². The molecule has 1 aromatic carbocycles. The number of hydrogen-bond donors (Lipinski definition) is 3. The molecule has 4 aliphatic rings. The molecule has 0 unspecified atom stereocenters. The van der Waals surface area contributed by atoms with Gasteiger partial charge in [0.05, 0.1) is 23.9 Å². The van der Waals surface area contributed by atoms with E-state index in [-0.39, 0.29) is 45.5 Å². The largest absolute Gasteiger partial charge is 0.444 e. The number of amides is 5. The lowest BCUT2D eigenvalue weighted by atomic mass is 10.0. The molecule has 5 rings (SSSR count). The number of ether oxygens (including phenoxy) is 2. The Kier molecular flexibility index (Phi) is 12.8. The molecule has 0 spiro atoms. The third-order valence-electron chi connectivity index (χ3n) is 9.91. The number of halogens is 1. The van der Waals surface area contributed by atoms with Crippen LogP contribution in [-0.2, 0) is 51.8 Å². The molecule has 14 nitrogen and oxygen atoms in total. The first-order valence-electron chi connectivity index (χ1n) is 18.5. The summed E-state index contributed by atoms with van der Waals surface area (Å²) in [4.78, 5) is 70.8. The van der Waals surface area contributed by atoms with Crippen LogP contribution in [-0.4, -0.2) is 95.7 Å². The first kappa shape index (κ1) is 40.5. The highest BCUT2D eigenvalue weighted by Gasteiger charge is 2.55. The zero-order valence-corrected chi connectivity index (χ0v) is 32.5. The number of rotatable bonds is 16. The molecular formula is C37H52ClN5O9S. The number of benzene rings is 1. The van der Waals surface area contributed by atoms with Crippen LogP contribution in [0.5, 0.6) is 0 Å². The summed E-state index contributed by atoms with van der Waals surface area (Å²) in [6.45, 7) is 7.50. The first-order valence-corrected chi connectivity index (χ1v) is 20.4. The van der Waals surface area contributed by atoms with Crippen molar-refractivity contribution in [2.24, 2.45) is 0 Å². The van der Waals surface area contributed by atoms with Gasteiger partial charge in [-0.15, -0.1) is 0 Å². The standard InChI is InChI=1S/C37H52ClN5O9S/c1-5-6-7-8-9-10-14-29(39-31(44)23-51-36(2,3)4)33(46)43-21-25(52-35(48)42-20-24-12-11-13-28(38)27(24)22-42)19-30(43)32(45)40-37(17-18-37)34(47)41-53(49,50)26-15-16-26/h5-6,11-13,25-26,29-30H,7-10,14-23H2,1-4H3,(H,39,44)(H,40,45)(H,41,47)/b6-5-/t25-,29+,30+/m1/s1. The number of nitrogens with one attached hydrogen (secondary N) is 3. The molecule has 5 amide bonds. The molecular weight excluding hydrogens is 726 g/mol. The summed E-state index contributed by atoms with van der Waals surface area (Å²) < 4.78 is 38.7. The van der Waals surface area contributed by atoms with Gasteiger partial charge >= 0.3 is 6.09 Å². The van der Waals surface area contributed by atoms with Crippen molar-refractivity contribution in [3.63, 3.8) is 0 Å². The van der Waals surface area contributed by atoms with Crippen LogP contribution >= 0.6 is 11.6 Å². The number of allylic oxidation sites excluding steroid dienone is 2. The summed E-state index contributed by atoms with van der Waals surface area (Å²) in [5, 5.41) is 5.44. The Balaban J connectivity index is 1.32. The number of unbranched alkanes of at least 4 members (excludes halogenated alkanes) is 3. The Morgan fingerprint density at radius 3 is 2.45 bits per heavy atom. The number of carbonyl (C=O) groups is 5. The van der Waals surface area contributed by atoms with E-state index in [9.17, 15) is 32.4 Å². The average molecular weight is 778 g/mol. The predicted molar refractivity (Wildman–Crippen MR) is 197 cm³/mol. The fraction of sp³-hybridized carbons (Fsp3) is 0.649. The van der Waals surface area contributed by atoms with Crippen LogP contribution in [0.1, 0.15) is 103 Å². The van der Waals surface area contributed by atoms with E-state index < -0.39 is 74.3 Å². The normalized spacial score (nSPS) is 21.2. The zero-order chi connectivity index (χ0) is 38.6. The van der Waals surface area contributed by atoms with Gasteiger partial charge < -0.3 is 25.0 Å². The van der Waals surface area contributed by atoms with Crippen molar-refractivity contribution in [1.82, 2.24) is 25.2 Å². The molecule has 53 heavy (non-hydrogen) atoms. The monoisotopic (exact) mass is 777 g/mol. The third kappa shape index (κ3) is 10.7. The highest BCUT2D eigenvalue weighted by Crippen LogP contribution is 2.38. The Morgan fingerprint density at radius 2 is 1.81 bits per heavy atom. The summed E-state index contributed by atoms with van der Waals surface area (Å²) >= 11 is 6.36. The summed E-state index contributed by atoms with van der Waals surface area (Å²) in [6, 6.07) is 3.26. The van der Waals surface area contributed by atoms with Crippen molar-refractivity contribution >= 4 is 51.3 Å². The lowest BCUT2D eigenvalue weighted by molar-refractivity contribution is -0.143. The predicted octanol–water partition coefficient (Wildman–Crippen LogP) is 3.85. The van der Waals surface area contributed by atoms with Gasteiger partial charge in [-0.25, -0.2) is 13.2 Å². The SMILES string of the molecule is C/C=C\CCCCC[C@H](NC(=O)COC(C)(C)C)C(=O)N1C[C@H](OC(=O)N2Cc3cccc(Cl)c3C2)C[C@H]1C(=O)NC1(C(=O)NS(=O)(=O)C2CC2)CC1. The average Bonchev–Trinajstić information content (AvgIpc) is 4.01. The highest BCUT2D eigenvalue weighted by molar-refractivity contribution is 7.91. The van der Waals surface area contributed by atoms with Gasteiger partial charge in [0.2, 0.25) is 27.7 Å². The summed E-state index contributed by atoms with van der Waals surface area (Å²) in [7, 11) is -3.85. The zero-order valence-electron chi connectivity index (χ0n) is 31.0. The molecule has 2 aliphatic carbocycles. The first-order chi connectivity index (χ1) is 25.0. The molecule has 3 N–H and O–H groups in total. The molecule has 292 valence electrons. The Bertz CT molecular complexity index is 1700. The molecule has 0 aromatic heterocycles. The molecule has 2 saturated carbocycles. The topological polar surface area (TPSA) is 181 Å². The van der Waals surface area contributed by atoms with E-state index in [1.165, 1.54) is 9.80 Å². The van der Waals surface area contributed by atoms with E-state index in [0.717, 1.165) is 30.4 Å². The molecule has 0 radical (unpaired) electrons. The minimum atomic E-state index is -3.85. The van der Waals surface area contributed by atoms with Gasteiger partial charge in [0, 0.05) is 18.0 Å². The second kappa shape index (κ2) is 16.8. The summed E-state index contributed by atoms with van der Waals surface area (Å²) in [5.41, 5.74) is -0.313. The maximum Gasteiger partial charge on any atom is 0.410 e. The fourth-order valence-electron chi connectivity index (χ4n) is 6.57. The Morgan fingerprint density at radius 1 is 1.08 bits per heavy atom. The number of hydrogen-bond acceptors (Lipinski definition) is 9. The maximum atomic E-state index is 14.4. The number of fused-ring (bicyclic) bond motifs is 1. The third-order valence-corrected chi connectivity index (χ3v) is 12.1. The van der Waals surface area contributed by atoms with E-state index in [1.54, 1.807) is 12.1 Å². The number of nitrogens with zero attached hydrogens (tertiary/aromatic N) is 2. The molecule has 1 saturated heterocycles. The van der Waals surface area contributed by atoms with E-state index in [2.05, 4.69) is 21.4 Å².